The molecule has 0 aliphatic heterocycles. The first-order valence-corrected chi connectivity index (χ1v) is 6.34. The average molecular weight is 254 g/mol. The quantitative estimate of drug-likeness (QED) is 0.762. The number of nitrogens with one attached hydrogen (secondary N) is 1. The molecule has 0 saturated heterocycles. The average Bonchev–Trinajstić information content (AvgIpc) is 2.69. The Morgan fingerprint density at radius 2 is 1.76 bits per heavy atom. The Balaban J connectivity index is 0.000000202. The predicted octanol–water partition coefficient (Wildman–Crippen LogP) is 1.96. The summed E-state index contributed by atoms with van der Waals surface area (Å²) in [5, 5.41) is 0. The van der Waals surface area contributed by atoms with Gasteiger partial charge in [-0.25, -0.2) is 4.98 Å². The summed E-state index contributed by atoms with van der Waals surface area (Å²) in [6, 6.07) is 5.99. The number of H-pyrrole nitrogens is 1. The number of benzene rings is 1. The maximum Gasteiger partial charge on any atom is 0.294 e. The molecule has 0 radical (unpaired) electrons. The summed E-state index contributed by atoms with van der Waals surface area (Å²) in [6.45, 7) is 3.76. The van der Waals surface area contributed by atoms with Gasteiger partial charge in [-0.05, 0) is 26.0 Å². The van der Waals surface area contributed by atoms with Crippen molar-refractivity contribution in [2.75, 3.05) is 0 Å². The standard InChI is InChI=1S/C7H8O3S.C4H6N2/c1-6-2-4-7(5-3-6)11(8,9)10;1-4-5-2-3-6-4/h2-5H,1H3,(H,8,9,10);2-3H,1H3,(H,5,6). The highest BCUT2D eigenvalue weighted by Crippen LogP contribution is 2.08. The lowest BCUT2D eigenvalue weighted by Crippen LogP contribution is -1.96. The van der Waals surface area contributed by atoms with Crippen molar-refractivity contribution in [2.45, 2.75) is 18.7 Å². The van der Waals surface area contributed by atoms with E-state index >= 15 is 0 Å². The van der Waals surface area contributed by atoms with Crippen molar-refractivity contribution in [1.82, 2.24) is 9.97 Å². The molecule has 0 atom stereocenters. The summed E-state index contributed by atoms with van der Waals surface area (Å²) in [5.41, 5.74) is 0.956. The lowest BCUT2D eigenvalue weighted by Gasteiger charge is -1.95. The number of imidazole rings is 1. The first-order chi connectivity index (χ1) is 7.89. The fraction of sp³-hybridized carbons (Fsp3) is 0.182. The lowest BCUT2D eigenvalue weighted by molar-refractivity contribution is 0.483. The highest BCUT2D eigenvalue weighted by molar-refractivity contribution is 7.85. The zero-order chi connectivity index (χ0) is 12.9. The van der Waals surface area contributed by atoms with Crippen LogP contribution in [0.15, 0.2) is 41.6 Å². The maximum absolute atomic E-state index is 10.5. The van der Waals surface area contributed by atoms with Crippen molar-refractivity contribution in [3.8, 4) is 0 Å². The number of nitrogens with zero attached hydrogens (tertiary/aromatic N) is 1. The zero-order valence-electron chi connectivity index (χ0n) is 9.58. The number of aromatic nitrogens is 2. The van der Waals surface area contributed by atoms with Crippen LogP contribution >= 0.6 is 0 Å². The van der Waals surface area contributed by atoms with Gasteiger partial charge in [0.1, 0.15) is 5.82 Å². The molecule has 2 N–H and O–H groups in total. The fourth-order valence-electron chi connectivity index (χ4n) is 1.05. The number of hydrogen-bond acceptors (Lipinski definition) is 3. The molecule has 2 rings (SSSR count). The Bertz CT molecular complexity index is 545. The Hall–Kier alpha value is -1.66. The van der Waals surface area contributed by atoms with E-state index in [9.17, 15) is 8.42 Å². The SMILES string of the molecule is Cc1ccc(S(=O)(=O)O)cc1.Cc1ncc[nH]1. The second-order valence-electron chi connectivity index (χ2n) is 3.46. The number of aryl methyl sites for hydroxylation is 2. The topological polar surface area (TPSA) is 83.1 Å². The zero-order valence-corrected chi connectivity index (χ0v) is 10.4. The van der Waals surface area contributed by atoms with Crippen LogP contribution in [0.1, 0.15) is 11.4 Å². The van der Waals surface area contributed by atoms with Gasteiger partial charge in [0, 0.05) is 12.4 Å². The van der Waals surface area contributed by atoms with Crippen molar-refractivity contribution in [3.63, 3.8) is 0 Å². The van der Waals surface area contributed by atoms with Gasteiger partial charge in [-0.3, -0.25) is 4.55 Å². The highest BCUT2D eigenvalue weighted by atomic mass is 32.2. The minimum absolute atomic E-state index is 0.0666. The van der Waals surface area contributed by atoms with Gasteiger partial charge < -0.3 is 4.98 Å². The molecule has 17 heavy (non-hydrogen) atoms. The van der Waals surface area contributed by atoms with Crippen molar-refractivity contribution in [3.05, 3.63) is 48.0 Å². The molecule has 0 bridgehead atoms. The highest BCUT2D eigenvalue weighted by Gasteiger charge is 2.06. The van der Waals surface area contributed by atoms with Crippen molar-refractivity contribution < 1.29 is 13.0 Å². The van der Waals surface area contributed by atoms with Crippen LogP contribution in [0.3, 0.4) is 0 Å². The van der Waals surface area contributed by atoms with Gasteiger partial charge in [0.2, 0.25) is 0 Å². The third-order valence-corrected chi connectivity index (χ3v) is 2.82. The second-order valence-corrected chi connectivity index (χ2v) is 4.88. The minimum Gasteiger partial charge on any atom is -0.349 e. The van der Waals surface area contributed by atoms with E-state index in [2.05, 4.69) is 9.97 Å². The van der Waals surface area contributed by atoms with Gasteiger partial charge in [-0.15, -0.1) is 0 Å². The van der Waals surface area contributed by atoms with E-state index in [1.54, 1.807) is 24.5 Å². The molecular formula is C11H14N2O3S. The third kappa shape index (κ3) is 4.80. The van der Waals surface area contributed by atoms with Crippen molar-refractivity contribution in [2.24, 2.45) is 0 Å². The molecule has 92 valence electrons. The Morgan fingerprint density at radius 1 is 1.18 bits per heavy atom. The molecule has 5 nitrogen and oxygen atoms in total. The van der Waals surface area contributed by atoms with Crippen LogP contribution in [-0.2, 0) is 10.1 Å². The molecule has 0 fully saturated rings. The number of hydrogen-bond donors (Lipinski definition) is 2. The molecular weight excluding hydrogens is 240 g/mol. The smallest absolute Gasteiger partial charge is 0.294 e. The van der Waals surface area contributed by atoms with Crippen LogP contribution in [0.5, 0.6) is 0 Å². The minimum atomic E-state index is -4.02. The summed E-state index contributed by atoms with van der Waals surface area (Å²) < 4.78 is 29.6. The molecule has 1 aromatic heterocycles. The first-order valence-electron chi connectivity index (χ1n) is 4.90. The van der Waals surface area contributed by atoms with Crippen LogP contribution < -0.4 is 0 Å². The van der Waals surface area contributed by atoms with Gasteiger partial charge >= 0.3 is 0 Å². The normalized spacial score (nSPS) is 10.5. The molecule has 0 saturated carbocycles. The molecule has 6 heteroatoms. The van der Waals surface area contributed by atoms with E-state index in [-0.39, 0.29) is 4.90 Å². The molecule has 1 heterocycles. The van der Waals surface area contributed by atoms with Gasteiger partial charge in [0.05, 0.1) is 4.90 Å². The Labute approximate surface area is 100 Å². The van der Waals surface area contributed by atoms with Gasteiger partial charge in [0.25, 0.3) is 10.1 Å². The third-order valence-electron chi connectivity index (χ3n) is 1.95. The molecule has 0 unspecified atom stereocenters. The molecule has 0 aliphatic carbocycles. The largest absolute Gasteiger partial charge is 0.349 e. The van der Waals surface area contributed by atoms with Gasteiger partial charge in [0.15, 0.2) is 0 Å². The molecule has 0 aliphatic rings. The first kappa shape index (κ1) is 13.4. The van der Waals surface area contributed by atoms with E-state index in [1.807, 2.05) is 13.8 Å². The summed E-state index contributed by atoms with van der Waals surface area (Å²) in [7, 11) is -4.02. The summed E-state index contributed by atoms with van der Waals surface area (Å²) in [5.74, 6) is 0.968. The van der Waals surface area contributed by atoms with E-state index in [0.29, 0.717) is 0 Å². The summed E-state index contributed by atoms with van der Waals surface area (Å²) >= 11 is 0. The van der Waals surface area contributed by atoms with E-state index in [4.69, 9.17) is 4.55 Å². The van der Waals surface area contributed by atoms with E-state index in [0.717, 1.165) is 11.4 Å². The number of aromatic amines is 1. The molecule has 0 amide bonds. The number of rotatable bonds is 1. The molecule has 0 spiro atoms. The van der Waals surface area contributed by atoms with E-state index < -0.39 is 10.1 Å². The summed E-state index contributed by atoms with van der Waals surface area (Å²) in [4.78, 5) is 6.68. The van der Waals surface area contributed by atoms with Crippen LogP contribution in [0.2, 0.25) is 0 Å². The van der Waals surface area contributed by atoms with Crippen LogP contribution in [0.25, 0.3) is 0 Å². The van der Waals surface area contributed by atoms with Crippen LogP contribution in [-0.4, -0.2) is 22.9 Å². The molecule has 1 aromatic carbocycles. The predicted molar refractivity (Wildman–Crippen MR) is 64.3 cm³/mol. The van der Waals surface area contributed by atoms with Crippen LogP contribution in [0, 0.1) is 13.8 Å². The summed E-state index contributed by atoms with van der Waals surface area (Å²) in [6.07, 6.45) is 3.53. The lowest BCUT2D eigenvalue weighted by atomic mass is 10.2. The Morgan fingerprint density at radius 3 is 2.06 bits per heavy atom. The molecule has 2 aromatic rings. The van der Waals surface area contributed by atoms with Crippen molar-refractivity contribution in [1.29, 1.82) is 0 Å². The fourth-order valence-corrected chi connectivity index (χ4v) is 1.53. The monoisotopic (exact) mass is 254 g/mol. The Kier molecular flexibility index (Phi) is 4.42. The maximum atomic E-state index is 10.5. The van der Waals surface area contributed by atoms with Crippen LogP contribution in [0.4, 0.5) is 0 Å². The van der Waals surface area contributed by atoms with Gasteiger partial charge in [-0.2, -0.15) is 8.42 Å². The second kappa shape index (κ2) is 5.60. The van der Waals surface area contributed by atoms with Crippen molar-refractivity contribution >= 4 is 10.1 Å². The van der Waals surface area contributed by atoms with E-state index in [1.165, 1.54) is 12.1 Å². The van der Waals surface area contributed by atoms with Gasteiger partial charge in [-0.1, -0.05) is 17.7 Å².